The molecule has 2 aromatic carbocycles. The Morgan fingerprint density at radius 1 is 1.21 bits per heavy atom. The highest BCUT2D eigenvalue weighted by atomic mass is 35.5. The molecule has 0 saturated carbocycles. The molecule has 122 valence electrons. The second-order valence-electron chi connectivity index (χ2n) is 5.22. The van der Waals surface area contributed by atoms with Crippen LogP contribution in [-0.4, -0.2) is 22.5 Å². The van der Waals surface area contributed by atoms with Gasteiger partial charge in [-0.1, -0.05) is 35.9 Å². The fourth-order valence-corrected chi connectivity index (χ4v) is 3.16. The standard InChI is InChI=1S/C18H15ClN2O2S/c19-14-6-4-13(5-7-14)18-21-16(11-24-18)17(23)20-9-8-12-2-1-3-15(22)10-12/h1-7,10-11,22H,8-9H2,(H,20,23). The van der Waals surface area contributed by atoms with Gasteiger partial charge in [-0.15, -0.1) is 11.3 Å². The van der Waals surface area contributed by atoms with Gasteiger partial charge < -0.3 is 10.4 Å². The smallest absolute Gasteiger partial charge is 0.270 e. The molecule has 3 aromatic rings. The van der Waals surface area contributed by atoms with Gasteiger partial charge in [0.2, 0.25) is 0 Å². The highest BCUT2D eigenvalue weighted by Crippen LogP contribution is 2.25. The van der Waals surface area contributed by atoms with E-state index in [1.807, 2.05) is 18.2 Å². The molecule has 4 nitrogen and oxygen atoms in total. The quantitative estimate of drug-likeness (QED) is 0.720. The van der Waals surface area contributed by atoms with Crippen LogP contribution in [0.5, 0.6) is 5.75 Å². The molecule has 0 saturated heterocycles. The lowest BCUT2D eigenvalue weighted by Crippen LogP contribution is -2.25. The predicted octanol–water partition coefficient (Wildman–Crippen LogP) is 4.14. The van der Waals surface area contributed by atoms with Gasteiger partial charge in [-0.2, -0.15) is 0 Å². The SMILES string of the molecule is O=C(NCCc1cccc(O)c1)c1csc(-c2ccc(Cl)cc2)n1. The molecule has 0 aliphatic heterocycles. The maximum atomic E-state index is 12.2. The van der Waals surface area contributed by atoms with Crippen molar-refractivity contribution in [3.63, 3.8) is 0 Å². The molecule has 1 amide bonds. The topological polar surface area (TPSA) is 62.2 Å². The molecule has 2 N–H and O–H groups in total. The summed E-state index contributed by atoms with van der Waals surface area (Å²) in [5.41, 5.74) is 2.31. The van der Waals surface area contributed by atoms with Gasteiger partial charge in [0.1, 0.15) is 16.5 Å². The van der Waals surface area contributed by atoms with Crippen molar-refractivity contribution in [3.05, 3.63) is 70.2 Å². The molecule has 0 bridgehead atoms. The summed E-state index contributed by atoms with van der Waals surface area (Å²) in [6, 6.07) is 14.4. The minimum Gasteiger partial charge on any atom is -0.508 e. The number of hydrogen-bond acceptors (Lipinski definition) is 4. The van der Waals surface area contributed by atoms with Gasteiger partial charge in [0.25, 0.3) is 5.91 Å². The number of rotatable bonds is 5. The molecular formula is C18H15ClN2O2S. The summed E-state index contributed by atoms with van der Waals surface area (Å²) in [5.74, 6) is 0.0255. The van der Waals surface area contributed by atoms with Crippen LogP contribution in [0.4, 0.5) is 0 Å². The Kier molecular flexibility index (Phi) is 5.13. The van der Waals surface area contributed by atoms with Crippen LogP contribution in [-0.2, 0) is 6.42 Å². The monoisotopic (exact) mass is 358 g/mol. The summed E-state index contributed by atoms with van der Waals surface area (Å²) in [5, 5.41) is 15.5. The molecule has 3 rings (SSSR count). The third-order valence-electron chi connectivity index (χ3n) is 3.44. The number of phenolic OH excluding ortho intramolecular Hbond substituents is 1. The molecule has 24 heavy (non-hydrogen) atoms. The maximum Gasteiger partial charge on any atom is 0.270 e. The second kappa shape index (κ2) is 7.47. The number of aromatic nitrogens is 1. The first-order valence-corrected chi connectivity index (χ1v) is 8.65. The Morgan fingerprint density at radius 2 is 2.00 bits per heavy atom. The lowest BCUT2D eigenvalue weighted by molar-refractivity contribution is 0.0950. The average Bonchev–Trinajstić information content (AvgIpc) is 3.05. The summed E-state index contributed by atoms with van der Waals surface area (Å²) in [7, 11) is 0. The lowest BCUT2D eigenvalue weighted by atomic mass is 10.1. The largest absolute Gasteiger partial charge is 0.508 e. The zero-order chi connectivity index (χ0) is 16.9. The van der Waals surface area contributed by atoms with Gasteiger partial charge in [0, 0.05) is 22.5 Å². The molecule has 0 atom stereocenters. The van der Waals surface area contributed by atoms with Crippen molar-refractivity contribution < 1.29 is 9.90 Å². The van der Waals surface area contributed by atoms with Crippen molar-refractivity contribution >= 4 is 28.8 Å². The van der Waals surface area contributed by atoms with E-state index in [0.717, 1.165) is 16.1 Å². The normalized spacial score (nSPS) is 10.5. The highest BCUT2D eigenvalue weighted by molar-refractivity contribution is 7.13. The Bertz CT molecular complexity index is 846. The summed E-state index contributed by atoms with van der Waals surface area (Å²) in [6.45, 7) is 0.482. The zero-order valence-electron chi connectivity index (χ0n) is 12.7. The van der Waals surface area contributed by atoms with E-state index in [4.69, 9.17) is 11.6 Å². The van der Waals surface area contributed by atoms with Gasteiger partial charge in [0.15, 0.2) is 0 Å². The molecule has 1 heterocycles. The lowest BCUT2D eigenvalue weighted by Gasteiger charge is -2.04. The van der Waals surface area contributed by atoms with Crippen LogP contribution >= 0.6 is 22.9 Å². The van der Waals surface area contributed by atoms with E-state index in [2.05, 4.69) is 10.3 Å². The van der Waals surface area contributed by atoms with Gasteiger partial charge >= 0.3 is 0 Å². The van der Waals surface area contributed by atoms with Gasteiger partial charge in [-0.25, -0.2) is 4.98 Å². The van der Waals surface area contributed by atoms with E-state index in [-0.39, 0.29) is 11.7 Å². The van der Waals surface area contributed by atoms with E-state index in [1.165, 1.54) is 11.3 Å². The number of phenols is 1. The van der Waals surface area contributed by atoms with E-state index in [0.29, 0.717) is 23.7 Å². The number of hydrogen-bond donors (Lipinski definition) is 2. The Balaban J connectivity index is 1.58. The average molecular weight is 359 g/mol. The van der Waals surface area contributed by atoms with E-state index in [1.54, 1.807) is 35.7 Å². The fraction of sp³-hybridized carbons (Fsp3) is 0.111. The van der Waals surface area contributed by atoms with Crippen LogP contribution in [0.3, 0.4) is 0 Å². The first-order chi connectivity index (χ1) is 11.6. The second-order valence-corrected chi connectivity index (χ2v) is 6.52. The van der Waals surface area contributed by atoms with Crippen LogP contribution < -0.4 is 5.32 Å². The number of carbonyl (C=O) groups is 1. The molecule has 6 heteroatoms. The minimum atomic E-state index is -0.202. The maximum absolute atomic E-state index is 12.2. The molecular weight excluding hydrogens is 344 g/mol. The van der Waals surface area contributed by atoms with Crippen molar-refractivity contribution in [2.75, 3.05) is 6.54 Å². The predicted molar refractivity (Wildman–Crippen MR) is 96.7 cm³/mol. The Labute approximate surface area is 148 Å². The fourth-order valence-electron chi connectivity index (χ4n) is 2.23. The molecule has 0 fully saturated rings. The minimum absolute atomic E-state index is 0.202. The Hall–Kier alpha value is -2.37. The number of thiazole rings is 1. The Morgan fingerprint density at radius 3 is 2.75 bits per heavy atom. The van der Waals surface area contributed by atoms with E-state index < -0.39 is 0 Å². The molecule has 0 radical (unpaired) electrons. The zero-order valence-corrected chi connectivity index (χ0v) is 14.3. The number of amides is 1. The van der Waals surface area contributed by atoms with Gasteiger partial charge in [0.05, 0.1) is 0 Å². The molecule has 0 aliphatic rings. The first-order valence-electron chi connectivity index (χ1n) is 7.39. The number of nitrogens with one attached hydrogen (secondary N) is 1. The molecule has 1 aromatic heterocycles. The van der Waals surface area contributed by atoms with Crippen molar-refractivity contribution in [3.8, 4) is 16.3 Å². The van der Waals surface area contributed by atoms with E-state index in [9.17, 15) is 9.90 Å². The third kappa shape index (κ3) is 4.13. The van der Waals surface area contributed by atoms with Crippen LogP contribution in [0.25, 0.3) is 10.6 Å². The number of aromatic hydroxyl groups is 1. The number of nitrogens with zero attached hydrogens (tertiary/aromatic N) is 1. The van der Waals surface area contributed by atoms with Crippen LogP contribution in [0.2, 0.25) is 5.02 Å². The van der Waals surface area contributed by atoms with Crippen molar-refractivity contribution in [1.82, 2.24) is 10.3 Å². The summed E-state index contributed by atoms with van der Waals surface area (Å²) in [6.07, 6.45) is 0.647. The van der Waals surface area contributed by atoms with Crippen LogP contribution in [0.1, 0.15) is 16.1 Å². The van der Waals surface area contributed by atoms with Crippen LogP contribution in [0.15, 0.2) is 53.9 Å². The van der Waals surface area contributed by atoms with Gasteiger partial charge in [-0.3, -0.25) is 4.79 Å². The molecule has 0 spiro atoms. The first kappa shape index (κ1) is 16.5. The highest BCUT2D eigenvalue weighted by Gasteiger charge is 2.11. The van der Waals surface area contributed by atoms with Crippen molar-refractivity contribution in [1.29, 1.82) is 0 Å². The third-order valence-corrected chi connectivity index (χ3v) is 4.58. The van der Waals surface area contributed by atoms with Crippen LogP contribution in [0, 0.1) is 0 Å². The summed E-state index contributed by atoms with van der Waals surface area (Å²) >= 11 is 7.30. The van der Waals surface area contributed by atoms with Crippen molar-refractivity contribution in [2.45, 2.75) is 6.42 Å². The van der Waals surface area contributed by atoms with Gasteiger partial charge in [-0.05, 0) is 36.2 Å². The molecule has 0 unspecified atom stereocenters. The molecule has 0 aliphatic carbocycles. The summed E-state index contributed by atoms with van der Waals surface area (Å²) in [4.78, 5) is 16.5. The number of carbonyl (C=O) groups excluding carboxylic acids is 1. The van der Waals surface area contributed by atoms with E-state index >= 15 is 0 Å². The van der Waals surface area contributed by atoms with Crippen molar-refractivity contribution in [2.24, 2.45) is 0 Å². The summed E-state index contributed by atoms with van der Waals surface area (Å²) < 4.78 is 0. The number of halogens is 1. The number of benzene rings is 2.